The highest BCUT2D eigenvalue weighted by Crippen LogP contribution is 2.30. The summed E-state index contributed by atoms with van der Waals surface area (Å²) in [6, 6.07) is 16.9. The zero-order valence-electron chi connectivity index (χ0n) is 22.2. The lowest BCUT2D eigenvalue weighted by Gasteiger charge is -2.27. The number of hydrogen-bond donors (Lipinski definition) is 2. The van der Waals surface area contributed by atoms with Gasteiger partial charge < -0.3 is 20.4 Å². The normalized spacial score (nSPS) is 15.7. The van der Waals surface area contributed by atoms with E-state index < -0.39 is 5.82 Å². The van der Waals surface area contributed by atoms with Gasteiger partial charge in [-0.25, -0.2) is 8.78 Å². The first-order chi connectivity index (χ1) is 19.4. The van der Waals surface area contributed by atoms with Gasteiger partial charge >= 0.3 is 0 Å². The summed E-state index contributed by atoms with van der Waals surface area (Å²) in [5.41, 5.74) is 2.70. The maximum Gasteiger partial charge on any atom is 0.254 e. The number of hydrogen-bond acceptors (Lipinski definition) is 4. The number of benzene rings is 3. The van der Waals surface area contributed by atoms with Gasteiger partial charge in [0.15, 0.2) is 0 Å². The molecule has 0 aromatic heterocycles. The van der Waals surface area contributed by atoms with Crippen molar-refractivity contribution in [3.63, 3.8) is 0 Å². The summed E-state index contributed by atoms with van der Waals surface area (Å²) in [4.78, 5) is 42.8. The number of amides is 3. The molecule has 3 amide bonds. The molecule has 0 atom stereocenters. The lowest BCUT2D eigenvalue weighted by molar-refractivity contribution is -0.122. The fraction of sp³-hybridized carbons (Fsp3) is 0.323. The molecule has 3 aromatic carbocycles. The molecule has 40 heavy (non-hydrogen) atoms. The lowest BCUT2D eigenvalue weighted by atomic mass is 9.85. The second-order valence-electron chi connectivity index (χ2n) is 10.3. The van der Waals surface area contributed by atoms with Crippen molar-refractivity contribution in [2.24, 2.45) is 5.92 Å². The summed E-state index contributed by atoms with van der Waals surface area (Å²) < 4.78 is 27.0. The minimum Gasteiger partial charge on any atom is -0.369 e. The molecular formula is C31H32F2N4O3. The summed E-state index contributed by atoms with van der Waals surface area (Å²) in [6.45, 7) is 2.22. The zero-order valence-corrected chi connectivity index (χ0v) is 22.2. The number of carbonyl (C=O) groups is 3. The van der Waals surface area contributed by atoms with Crippen LogP contribution in [0, 0.1) is 17.6 Å². The molecule has 2 N–H and O–H groups in total. The van der Waals surface area contributed by atoms with Crippen LogP contribution in [0.4, 0.5) is 20.2 Å². The second kappa shape index (κ2) is 12.3. The molecule has 1 saturated heterocycles. The third kappa shape index (κ3) is 6.47. The molecule has 2 aliphatic rings. The smallest absolute Gasteiger partial charge is 0.254 e. The standard InChI is InChI=1S/C31H32F2N4O3/c32-24-10-8-21(9-11-24)20-34-30(39)27-19-26(35-29(38)22-4-1-5-22)12-13-28(27)36-14-3-15-37(17-16-36)31(40)23-6-2-7-25(33)18-23/h2,6-13,18-19,22H,1,3-5,14-17,20H2,(H,34,39)(H,35,38). The molecule has 0 unspecified atom stereocenters. The monoisotopic (exact) mass is 546 g/mol. The van der Waals surface area contributed by atoms with E-state index in [4.69, 9.17) is 0 Å². The number of nitrogens with one attached hydrogen (secondary N) is 2. The van der Waals surface area contributed by atoms with Crippen LogP contribution in [0.2, 0.25) is 0 Å². The van der Waals surface area contributed by atoms with Gasteiger partial charge in [-0.15, -0.1) is 0 Å². The van der Waals surface area contributed by atoms with E-state index in [1.807, 2.05) is 6.07 Å². The minimum absolute atomic E-state index is 0.00245. The molecule has 1 saturated carbocycles. The predicted octanol–water partition coefficient (Wildman–Crippen LogP) is 4.99. The molecular weight excluding hydrogens is 514 g/mol. The zero-order chi connectivity index (χ0) is 28.1. The fourth-order valence-electron chi connectivity index (χ4n) is 5.03. The summed E-state index contributed by atoms with van der Waals surface area (Å²) in [5, 5.41) is 5.85. The van der Waals surface area contributed by atoms with E-state index in [-0.39, 0.29) is 36.0 Å². The molecule has 7 nitrogen and oxygen atoms in total. The number of anilines is 2. The van der Waals surface area contributed by atoms with Crippen molar-refractivity contribution >= 4 is 29.1 Å². The number of carbonyl (C=O) groups excluding carboxylic acids is 3. The van der Waals surface area contributed by atoms with E-state index in [9.17, 15) is 23.2 Å². The number of rotatable bonds is 7. The van der Waals surface area contributed by atoms with Crippen LogP contribution in [0.25, 0.3) is 0 Å². The summed E-state index contributed by atoms with van der Waals surface area (Å²) in [5.74, 6) is -1.40. The van der Waals surface area contributed by atoms with Gasteiger partial charge in [-0.1, -0.05) is 24.6 Å². The minimum atomic E-state index is -0.455. The molecule has 1 aliphatic heterocycles. The SMILES string of the molecule is O=C(NCc1ccc(F)cc1)c1cc(NC(=O)C2CCC2)ccc1N1CCCN(C(=O)c2cccc(F)c2)CC1. The van der Waals surface area contributed by atoms with E-state index >= 15 is 0 Å². The van der Waals surface area contributed by atoms with Crippen LogP contribution in [0.3, 0.4) is 0 Å². The van der Waals surface area contributed by atoms with Gasteiger partial charge in [0.1, 0.15) is 11.6 Å². The van der Waals surface area contributed by atoms with E-state index in [1.54, 1.807) is 35.2 Å². The van der Waals surface area contributed by atoms with Gasteiger partial charge in [-0.2, -0.15) is 0 Å². The maximum absolute atomic E-state index is 13.7. The van der Waals surface area contributed by atoms with Crippen LogP contribution < -0.4 is 15.5 Å². The van der Waals surface area contributed by atoms with Crippen LogP contribution in [0.15, 0.2) is 66.7 Å². The van der Waals surface area contributed by atoms with Gasteiger partial charge in [0.2, 0.25) is 5.91 Å². The van der Waals surface area contributed by atoms with Crippen molar-refractivity contribution in [1.82, 2.24) is 10.2 Å². The van der Waals surface area contributed by atoms with Gasteiger partial charge in [-0.3, -0.25) is 14.4 Å². The Balaban J connectivity index is 1.34. The molecule has 0 bridgehead atoms. The van der Waals surface area contributed by atoms with E-state index in [1.165, 1.54) is 30.3 Å². The predicted molar refractivity (Wildman–Crippen MR) is 149 cm³/mol. The molecule has 1 aliphatic carbocycles. The average molecular weight is 547 g/mol. The van der Waals surface area contributed by atoms with Crippen molar-refractivity contribution in [2.45, 2.75) is 32.2 Å². The van der Waals surface area contributed by atoms with Crippen molar-refractivity contribution < 1.29 is 23.2 Å². The first-order valence-corrected chi connectivity index (χ1v) is 13.6. The van der Waals surface area contributed by atoms with Crippen LogP contribution in [0.1, 0.15) is 52.0 Å². The first-order valence-electron chi connectivity index (χ1n) is 13.6. The molecule has 3 aromatic rings. The average Bonchev–Trinajstić information content (AvgIpc) is 3.17. The molecule has 2 fully saturated rings. The highest BCUT2D eigenvalue weighted by Gasteiger charge is 2.27. The van der Waals surface area contributed by atoms with E-state index in [2.05, 4.69) is 15.5 Å². The van der Waals surface area contributed by atoms with E-state index in [0.717, 1.165) is 24.8 Å². The summed E-state index contributed by atoms with van der Waals surface area (Å²) in [6.07, 6.45) is 3.45. The molecule has 208 valence electrons. The fourth-order valence-corrected chi connectivity index (χ4v) is 5.03. The second-order valence-corrected chi connectivity index (χ2v) is 10.3. The van der Waals surface area contributed by atoms with Crippen molar-refractivity contribution in [2.75, 3.05) is 36.4 Å². The Hall–Kier alpha value is -4.27. The third-order valence-electron chi connectivity index (χ3n) is 7.55. The Morgan fingerprint density at radius 2 is 1.62 bits per heavy atom. The molecule has 5 rings (SSSR count). The largest absolute Gasteiger partial charge is 0.369 e. The molecule has 9 heteroatoms. The van der Waals surface area contributed by atoms with Crippen LogP contribution in [0.5, 0.6) is 0 Å². The van der Waals surface area contributed by atoms with Gasteiger partial charge in [0.25, 0.3) is 11.8 Å². The van der Waals surface area contributed by atoms with Crippen molar-refractivity contribution in [3.05, 3.63) is 95.1 Å². The van der Waals surface area contributed by atoms with Crippen molar-refractivity contribution in [1.29, 1.82) is 0 Å². The Morgan fingerprint density at radius 1 is 0.825 bits per heavy atom. The van der Waals surface area contributed by atoms with Gasteiger partial charge in [-0.05, 0) is 73.4 Å². The summed E-state index contributed by atoms with van der Waals surface area (Å²) in [7, 11) is 0. The highest BCUT2D eigenvalue weighted by molar-refractivity contribution is 6.02. The Labute approximate surface area is 232 Å². The van der Waals surface area contributed by atoms with Crippen LogP contribution in [-0.2, 0) is 11.3 Å². The molecule has 1 heterocycles. The summed E-state index contributed by atoms with van der Waals surface area (Å²) >= 11 is 0. The van der Waals surface area contributed by atoms with Gasteiger partial charge in [0.05, 0.1) is 5.56 Å². The first kappa shape index (κ1) is 27.3. The van der Waals surface area contributed by atoms with Gasteiger partial charge in [0, 0.05) is 55.6 Å². The highest BCUT2D eigenvalue weighted by atomic mass is 19.1. The Morgan fingerprint density at radius 3 is 2.35 bits per heavy atom. The van der Waals surface area contributed by atoms with Crippen LogP contribution in [-0.4, -0.2) is 48.8 Å². The third-order valence-corrected chi connectivity index (χ3v) is 7.55. The lowest BCUT2D eigenvalue weighted by Crippen LogP contribution is -2.36. The quantitative estimate of drug-likeness (QED) is 0.438. The topological polar surface area (TPSA) is 81.8 Å². The van der Waals surface area contributed by atoms with Crippen LogP contribution >= 0.6 is 0 Å². The maximum atomic E-state index is 13.7. The number of nitrogens with zero attached hydrogens (tertiary/aromatic N) is 2. The Kier molecular flexibility index (Phi) is 8.38. The van der Waals surface area contributed by atoms with Crippen molar-refractivity contribution in [3.8, 4) is 0 Å². The van der Waals surface area contributed by atoms with E-state index in [0.29, 0.717) is 55.1 Å². The molecule has 0 spiro atoms. The molecule has 0 radical (unpaired) electrons. The number of halogens is 2. The Bertz CT molecular complexity index is 1390.